The molecule has 1 aliphatic carbocycles. The molecule has 0 bridgehead atoms. The Balaban J connectivity index is 2.00. The smallest absolute Gasteiger partial charge is 0.271 e. The van der Waals surface area contributed by atoms with Crippen LogP contribution in [0.5, 0.6) is 0 Å². The first-order valence-corrected chi connectivity index (χ1v) is 6.77. The number of rotatable bonds is 5. The van der Waals surface area contributed by atoms with Crippen LogP contribution in [-0.4, -0.2) is 24.0 Å². The molecule has 1 fully saturated rings. The SMILES string of the molecule is CCNc1ccc(Cl)c(C(=O)NCC2CCC2)n1. The minimum Gasteiger partial charge on any atom is -0.370 e. The van der Waals surface area contributed by atoms with E-state index in [1.54, 1.807) is 12.1 Å². The number of amides is 1. The Morgan fingerprint density at radius 2 is 2.28 bits per heavy atom. The van der Waals surface area contributed by atoms with Gasteiger partial charge in [-0.25, -0.2) is 4.98 Å². The molecule has 0 unspecified atom stereocenters. The monoisotopic (exact) mass is 267 g/mol. The zero-order chi connectivity index (χ0) is 13.0. The number of aromatic nitrogens is 1. The molecule has 98 valence electrons. The van der Waals surface area contributed by atoms with Crippen LogP contribution in [0.4, 0.5) is 5.82 Å². The van der Waals surface area contributed by atoms with E-state index in [1.807, 2.05) is 6.92 Å². The molecule has 1 heterocycles. The average molecular weight is 268 g/mol. The van der Waals surface area contributed by atoms with Crippen molar-refractivity contribution in [2.75, 3.05) is 18.4 Å². The fourth-order valence-electron chi connectivity index (χ4n) is 1.90. The van der Waals surface area contributed by atoms with Gasteiger partial charge < -0.3 is 10.6 Å². The summed E-state index contributed by atoms with van der Waals surface area (Å²) >= 11 is 6.00. The highest BCUT2D eigenvalue weighted by atomic mass is 35.5. The van der Waals surface area contributed by atoms with Crippen LogP contribution in [0.1, 0.15) is 36.7 Å². The molecule has 0 saturated heterocycles. The van der Waals surface area contributed by atoms with Gasteiger partial charge >= 0.3 is 0 Å². The highest BCUT2D eigenvalue weighted by Gasteiger charge is 2.19. The number of carbonyl (C=O) groups is 1. The molecule has 1 aromatic rings. The van der Waals surface area contributed by atoms with Crippen molar-refractivity contribution in [2.24, 2.45) is 5.92 Å². The van der Waals surface area contributed by atoms with Crippen LogP contribution in [-0.2, 0) is 0 Å². The maximum atomic E-state index is 12.0. The minimum atomic E-state index is -0.188. The summed E-state index contributed by atoms with van der Waals surface area (Å²) in [6.45, 7) is 3.46. The third-order valence-electron chi connectivity index (χ3n) is 3.20. The molecule has 1 amide bonds. The first kappa shape index (κ1) is 13.1. The highest BCUT2D eigenvalue weighted by Crippen LogP contribution is 2.25. The lowest BCUT2D eigenvalue weighted by Gasteiger charge is -2.25. The number of anilines is 1. The van der Waals surface area contributed by atoms with E-state index in [0.717, 1.165) is 13.1 Å². The van der Waals surface area contributed by atoms with Crippen molar-refractivity contribution in [3.05, 3.63) is 22.8 Å². The van der Waals surface area contributed by atoms with Crippen molar-refractivity contribution in [3.63, 3.8) is 0 Å². The van der Waals surface area contributed by atoms with Gasteiger partial charge in [-0.15, -0.1) is 0 Å². The third-order valence-corrected chi connectivity index (χ3v) is 3.50. The Bertz CT molecular complexity index is 432. The van der Waals surface area contributed by atoms with Crippen molar-refractivity contribution in [3.8, 4) is 0 Å². The fourth-order valence-corrected chi connectivity index (χ4v) is 2.09. The van der Waals surface area contributed by atoms with Gasteiger partial charge in [-0.2, -0.15) is 0 Å². The minimum absolute atomic E-state index is 0.188. The number of nitrogens with one attached hydrogen (secondary N) is 2. The van der Waals surface area contributed by atoms with E-state index in [0.29, 0.717) is 22.5 Å². The van der Waals surface area contributed by atoms with E-state index in [-0.39, 0.29) is 5.91 Å². The lowest BCUT2D eigenvalue weighted by atomic mass is 9.85. The maximum Gasteiger partial charge on any atom is 0.271 e. The van der Waals surface area contributed by atoms with E-state index >= 15 is 0 Å². The molecule has 1 aliphatic rings. The van der Waals surface area contributed by atoms with Crippen molar-refractivity contribution < 1.29 is 4.79 Å². The van der Waals surface area contributed by atoms with Crippen molar-refractivity contribution in [2.45, 2.75) is 26.2 Å². The number of hydrogen-bond donors (Lipinski definition) is 2. The highest BCUT2D eigenvalue weighted by molar-refractivity contribution is 6.33. The van der Waals surface area contributed by atoms with Gasteiger partial charge in [0.05, 0.1) is 5.02 Å². The Labute approximate surface area is 112 Å². The molecular formula is C13H18ClN3O. The molecule has 0 spiro atoms. The Morgan fingerprint density at radius 3 is 2.89 bits per heavy atom. The molecule has 0 radical (unpaired) electrons. The first-order chi connectivity index (χ1) is 8.70. The average Bonchev–Trinajstić information content (AvgIpc) is 2.29. The summed E-state index contributed by atoms with van der Waals surface area (Å²) < 4.78 is 0. The number of pyridine rings is 1. The van der Waals surface area contributed by atoms with Gasteiger partial charge in [-0.1, -0.05) is 18.0 Å². The predicted molar refractivity (Wildman–Crippen MR) is 73.1 cm³/mol. The van der Waals surface area contributed by atoms with Crippen LogP contribution < -0.4 is 10.6 Å². The number of carbonyl (C=O) groups excluding carboxylic acids is 1. The molecule has 4 nitrogen and oxygen atoms in total. The topological polar surface area (TPSA) is 54.0 Å². The van der Waals surface area contributed by atoms with Crippen LogP contribution in [0.2, 0.25) is 5.02 Å². The number of hydrogen-bond acceptors (Lipinski definition) is 3. The summed E-state index contributed by atoms with van der Waals surface area (Å²) in [6.07, 6.45) is 3.69. The van der Waals surface area contributed by atoms with Crippen LogP contribution >= 0.6 is 11.6 Å². The van der Waals surface area contributed by atoms with Gasteiger partial charge in [0, 0.05) is 13.1 Å². The Kier molecular flexibility index (Phi) is 4.42. The van der Waals surface area contributed by atoms with Crippen LogP contribution in [0.15, 0.2) is 12.1 Å². The van der Waals surface area contributed by atoms with Crippen molar-refractivity contribution in [1.29, 1.82) is 0 Å². The Morgan fingerprint density at radius 1 is 1.50 bits per heavy atom. The molecule has 1 saturated carbocycles. The molecule has 1 aromatic heterocycles. The standard InChI is InChI=1S/C13H18ClN3O/c1-2-15-11-7-6-10(14)12(17-11)13(18)16-8-9-4-3-5-9/h6-7,9H,2-5,8H2,1H3,(H,15,17)(H,16,18). The molecule has 0 aromatic carbocycles. The molecule has 2 N–H and O–H groups in total. The molecular weight excluding hydrogens is 250 g/mol. The third kappa shape index (κ3) is 3.13. The maximum absolute atomic E-state index is 12.0. The summed E-state index contributed by atoms with van der Waals surface area (Å²) in [5.41, 5.74) is 0.300. The summed E-state index contributed by atoms with van der Waals surface area (Å²) in [5.74, 6) is 1.12. The molecule has 5 heteroatoms. The van der Waals surface area contributed by atoms with Gasteiger partial charge in [0.25, 0.3) is 5.91 Å². The van der Waals surface area contributed by atoms with Gasteiger partial charge in [-0.3, -0.25) is 4.79 Å². The van der Waals surface area contributed by atoms with E-state index < -0.39 is 0 Å². The van der Waals surface area contributed by atoms with E-state index in [2.05, 4.69) is 15.6 Å². The lowest BCUT2D eigenvalue weighted by Crippen LogP contribution is -2.32. The van der Waals surface area contributed by atoms with Crippen molar-refractivity contribution >= 4 is 23.3 Å². The Hall–Kier alpha value is -1.29. The van der Waals surface area contributed by atoms with Gasteiger partial charge in [0.15, 0.2) is 0 Å². The first-order valence-electron chi connectivity index (χ1n) is 6.39. The number of halogens is 1. The largest absolute Gasteiger partial charge is 0.370 e. The second-order valence-electron chi connectivity index (χ2n) is 4.56. The molecule has 18 heavy (non-hydrogen) atoms. The van der Waals surface area contributed by atoms with Crippen LogP contribution in [0.3, 0.4) is 0 Å². The van der Waals surface area contributed by atoms with Crippen LogP contribution in [0.25, 0.3) is 0 Å². The summed E-state index contributed by atoms with van der Waals surface area (Å²) in [7, 11) is 0. The zero-order valence-electron chi connectivity index (χ0n) is 10.5. The second kappa shape index (κ2) is 6.05. The van der Waals surface area contributed by atoms with Gasteiger partial charge in [-0.05, 0) is 37.8 Å². The van der Waals surface area contributed by atoms with E-state index in [4.69, 9.17) is 11.6 Å². The van der Waals surface area contributed by atoms with Gasteiger partial charge in [0.2, 0.25) is 0 Å². The summed E-state index contributed by atoms with van der Waals surface area (Å²) in [4.78, 5) is 16.2. The predicted octanol–water partition coefficient (Wildman–Crippen LogP) is 2.70. The quantitative estimate of drug-likeness (QED) is 0.862. The normalized spacial score (nSPS) is 15.0. The van der Waals surface area contributed by atoms with E-state index in [9.17, 15) is 4.79 Å². The van der Waals surface area contributed by atoms with Crippen molar-refractivity contribution in [1.82, 2.24) is 10.3 Å². The molecule has 0 aliphatic heterocycles. The summed E-state index contributed by atoms with van der Waals surface area (Å²) in [5, 5.41) is 6.36. The fraction of sp³-hybridized carbons (Fsp3) is 0.538. The summed E-state index contributed by atoms with van der Waals surface area (Å²) in [6, 6.07) is 3.47. The zero-order valence-corrected chi connectivity index (χ0v) is 11.3. The van der Waals surface area contributed by atoms with Crippen LogP contribution in [0, 0.1) is 5.92 Å². The lowest BCUT2D eigenvalue weighted by molar-refractivity contribution is 0.0934. The number of nitrogens with zero attached hydrogens (tertiary/aromatic N) is 1. The van der Waals surface area contributed by atoms with E-state index in [1.165, 1.54) is 19.3 Å². The second-order valence-corrected chi connectivity index (χ2v) is 4.97. The molecule has 2 rings (SSSR count). The van der Waals surface area contributed by atoms with Gasteiger partial charge in [0.1, 0.15) is 11.5 Å². The molecule has 0 atom stereocenters.